The Balaban J connectivity index is 3.12. The Morgan fingerprint density at radius 1 is 1.58 bits per heavy atom. The smallest absolute Gasteiger partial charge is 0.139 e. The molecule has 2 nitrogen and oxygen atoms in total. The molecule has 1 aromatic carbocycles. The lowest BCUT2D eigenvalue weighted by molar-refractivity contribution is 0.624. The molecule has 0 fully saturated rings. The summed E-state index contributed by atoms with van der Waals surface area (Å²) in [5.74, 6) is 6.67. The highest BCUT2D eigenvalue weighted by atomic mass is 19.1. The Kier molecular flexibility index (Phi) is 2.44. The molecule has 1 rings (SSSR count). The maximum Gasteiger partial charge on any atom is 0.139 e. The maximum absolute atomic E-state index is 12.9. The van der Waals surface area contributed by atoms with Gasteiger partial charge in [0.1, 0.15) is 5.82 Å². The SMILES string of the molecule is C#Cc1ccc(C=NN)cc1F. The van der Waals surface area contributed by atoms with E-state index in [1.165, 1.54) is 18.3 Å². The van der Waals surface area contributed by atoms with E-state index < -0.39 is 5.82 Å². The number of benzene rings is 1. The average molecular weight is 162 g/mol. The molecule has 1 aromatic rings. The molecule has 60 valence electrons. The number of nitrogens with zero attached hydrogens (tertiary/aromatic N) is 1. The van der Waals surface area contributed by atoms with Crippen molar-refractivity contribution in [3.63, 3.8) is 0 Å². The first-order chi connectivity index (χ1) is 5.77. The Hall–Kier alpha value is -1.82. The first kappa shape index (κ1) is 8.28. The van der Waals surface area contributed by atoms with Gasteiger partial charge < -0.3 is 5.84 Å². The summed E-state index contributed by atoms with van der Waals surface area (Å²) in [5.41, 5.74) is 0.832. The molecule has 0 aliphatic rings. The van der Waals surface area contributed by atoms with E-state index in [0.29, 0.717) is 5.56 Å². The van der Waals surface area contributed by atoms with Gasteiger partial charge in [-0.3, -0.25) is 0 Å². The summed E-state index contributed by atoms with van der Waals surface area (Å²) in [4.78, 5) is 0. The Morgan fingerprint density at radius 3 is 2.83 bits per heavy atom. The van der Waals surface area contributed by atoms with Gasteiger partial charge in [0, 0.05) is 0 Å². The van der Waals surface area contributed by atoms with Gasteiger partial charge in [0.25, 0.3) is 0 Å². The molecule has 0 amide bonds. The zero-order valence-corrected chi connectivity index (χ0v) is 6.29. The van der Waals surface area contributed by atoms with Gasteiger partial charge in [0.2, 0.25) is 0 Å². The van der Waals surface area contributed by atoms with Crippen LogP contribution in [0.15, 0.2) is 23.3 Å². The largest absolute Gasteiger partial charge is 0.323 e. The van der Waals surface area contributed by atoms with Crippen LogP contribution in [0.4, 0.5) is 4.39 Å². The predicted octanol–water partition coefficient (Wildman–Crippen LogP) is 1.10. The summed E-state index contributed by atoms with van der Waals surface area (Å²) in [5, 5.41) is 3.26. The minimum Gasteiger partial charge on any atom is -0.323 e. The molecule has 0 saturated carbocycles. The molecule has 12 heavy (non-hydrogen) atoms. The molecular weight excluding hydrogens is 155 g/mol. The van der Waals surface area contributed by atoms with Crippen molar-refractivity contribution in [3.05, 3.63) is 35.1 Å². The van der Waals surface area contributed by atoms with Crippen molar-refractivity contribution < 1.29 is 4.39 Å². The molecule has 0 atom stereocenters. The topological polar surface area (TPSA) is 38.4 Å². The number of rotatable bonds is 1. The van der Waals surface area contributed by atoms with Crippen LogP contribution in [-0.2, 0) is 0 Å². The zero-order valence-electron chi connectivity index (χ0n) is 6.29. The highest BCUT2D eigenvalue weighted by Gasteiger charge is 1.98. The number of terminal acetylenes is 1. The van der Waals surface area contributed by atoms with E-state index in [4.69, 9.17) is 12.3 Å². The van der Waals surface area contributed by atoms with Gasteiger partial charge in [0.05, 0.1) is 11.8 Å². The second-order valence-corrected chi connectivity index (χ2v) is 2.16. The lowest BCUT2D eigenvalue weighted by Crippen LogP contribution is -1.89. The molecule has 0 unspecified atom stereocenters. The third kappa shape index (κ3) is 1.61. The predicted molar refractivity (Wildman–Crippen MR) is 46.1 cm³/mol. The van der Waals surface area contributed by atoms with Crippen LogP contribution < -0.4 is 5.84 Å². The zero-order chi connectivity index (χ0) is 8.97. The van der Waals surface area contributed by atoms with Gasteiger partial charge in [0.15, 0.2) is 0 Å². The third-order valence-electron chi connectivity index (χ3n) is 1.37. The first-order valence-corrected chi connectivity index (χ1v) is 3.27. The summed E-state index contributed by atoms with van der Waals surface area (Å²) in [6.07, 6.45) is 6.38. The van der Waals surface area contributed by atoms with Crippen molar-refractivity contribution in [2.75, 3.05) is 0 Å². The highest BCUT2D eigenvalue weighted by Crippen LogP contribution is 2.07. The molecular formula is C9H7FN2. The third-order valence-corrected chi connectivity index (χ3v) is 1.37. The Morgan fingerprint density at radius 2 is 2.33 bits per heavy atom. The van der Waals surface area contributed by atoms with Gasteiger partial charge in [-0.25, -0.2) is 4.39 Å². The molecule has 2 N–H and O–H groups in total. The fraction of sp³-hybridized carbons (Fsp3) is 0. The van der Waals surface area contributed by atoms with Crippen molar-refractivity contribution in [1.29, 1.82) is 0 Å². The molecule has 0 radical (unpaired) electrons. The lowest BCUT2D eigenvalue weighted by atomic mass is 10.1. The van der Waals surface area contributed by atoms with Gasteiger partial charge >= 0.3 is 0 Å². The van der Waals surface area contributed by atoms with E-state index >= 15 is 0 Å². The van der Waals surface area contributed by atoms with Gasteiger partial charge in [-0.2, -0.15) is 5.10 Å². The molecule has 0 saturated heterocycles. The minimum atomic E-state index is -0.435. The quantitative estimate of drug-likeness (QED) is 0.285. The second-order valence-electron chi connectivity index (χ2n) is 2.16. The van der Waals surface area contributed by atoms with Crippen LogP contribution in [0, 0.1) is 18.2 Å². The second kappa shape index (κ2) is 3.54. The number of hydrogen-bond donors (Lipinski definition) is 1. The number of nitrogens with two attached hydrogens (primary N) is 1. The Bertz CT molecular complexity index is 350. The minimum absolute atomic E-state index is 0.240. The van der Waals surface area contributed by atoms with E-state index in [0.717, 1.165) is 0 Å². The van der Waals surface area contributed by atoms with Crippen LogP contribution in [0.3, 0.4) is 0 Å². The van der Waals surface area contributed by atoms with E-state index in [1.807, 2.05) is 0 Å². The molecule has 3 heteroatoms. The van der Waals surface area contributed by atoms with Gasteiger partial charge in [-0.05, 0) is 17.7 Å². The summed E-state index contributed by atoms with van der Waals surface area (Å²) < 4.78 is 12.9. The normalized spacial score (nSPS) is 10.0. The first-order valence-electron chi connectivity index (χ1n) is 3.27. The number of hydrazone groups is 1. The van der Waals surface area contributed by atoms with Crippen molar-refractivity contribution in [1.82, 2.24) is 0 Å². The lowest BCUT2D eigenvalue weighted by Gasteiger charge is -1.95. The van der Waals surface area contributed by atoms with Crippen LogP contribution in [-0.4, -0.2) is 6.21 Å². The van der Waals surface area contributed by atoms with E-state index in [2.05, 4.69) is 11.0 Å². The maximum atomic E-state index is 12.9. The molecule has 0 aliphatic heterocycles. The van der Waals surface area contributed by atoms with Crippen LogP contribution >= 0.6 is 0 Å². The molecule has 0 aromatic heterocycles. The molecule has 0 spiro atoms. The van der Waals surface area contributed by atoms with Crippen LogP contribution in [0.1, 0.15) is 11.1 Å². The van der Waals surface area contributed by atoms with Gasteiger partial charge in [-0.15, -0.1) is 6.42 Å². The van der Waals surface area contributed by atoms with Crippen molar-refractivity contribution in [2.24, 2.45) is 10.9 Å². The standard InChI is InChI=1S/C9H7FN2/c1-2-8-4-3-7(6-12-11)5-9(8)10/h1,3-6H,11H2. The van der Waals surface area contributed by atoms with Crippen LogP contribution in [0.25, 0.3) is 0 Å². The van der Waals surface area contributed by atoms with Crippen LogP contribution in [0.5, 0.6) is 0 Å². The summed E-state index contributed by atoms with van der Waals surface area (Å²) >= 11 is 0. The number of hydrogen-bond acceptors (Lipinski definition) is 2. The summed E-state index contributed by atoms with van der Waals surface area (Å²) in [7, 11) is 0. The fourth-order valence-electron chi connectivity index (χ4n) is 0.815. The molecule has 0 heterocycles. The van der Waals surface area contributed by atoms with E-state index in [-0.39, 0.29) is 5.56 Å². The van der Waals surface area contributed by atoms with E-state index in [9.17, 15) is 4.39 Å². The molecule has 0 aliphatic carbocycles. The van der Waals surface area contributed by atoms with Crippen molar-refractivity contribution in [2.45, 2.75) is 0 Å². The highest BCUT2D eigenvalue weighted by molar-refractivity contribution is 5.79. The van der Waals surface area contributed by atoms with E-state index in [1.54, 1.807) is 6.07 Å². The molecule has 0 bridgehead atoms. The fourth-order valence-corrected chi connectivity index (χ4v) is 0.815. The Labute approximate surface area is 69.9 Å². The number of halogens is 1. The van der Waals surface area contributed by atoms with Crippen molar-refractivity contribution >= 4 is 6.21 Å². The average Bonchev–Trinajstić information content (AvgIpc) is 2.05. The van der Waals surface area contributed by atoms with Crippen molar-refractivity contribution in [3.8, 4) is 12.3 Å². The summed E-state index contributed by atoms with van der Waals surface area (Å²) in [6.45, 7) is 0. The van der Waals surface area contributed by atoms with Gasteiger partial charge in [-0.1, -0.05) is 12.0 Å². The monoisotopic (exact) mass is 162 g/mol. The van der Waals surface area contributed by atoms with Crippen LogP contribution in [0.2, 0.25) is 0 Å². The summed E-state index contributed by atoms with van der Waals surface area (Å²) in [6, 6.07) is 4.44.